The molecule has 0 radical (unpaired) electrons. The van der Waals surface area contributed by atoms with Gasteiger partial charge in [0.2, 0.25) is 0 Å². The van der Waals surface area contributed by atoms with E-state index in [2.05, 4.69) is 4.98 Å². The van der Waals surface area contributed by atoms with E-state index in [0.717, 1.165) is 0 Å². The molecule has 26 heavy (non-hydrogen) atoms. The molecule has 3 rings (SSSR count). The first-order valence-corrected chi connectivity index (χ1v) is 8.49. The van der Waals surface area contributed by atoms with Gasteiger partial charge in [-0.1, -0.05) is 41.4 Å². The Morgan fingerprint density at radius 3 is 2.54 bits per heavy atom. The molecule has 0 aliphatic carbocycles. The third-order valence-electron chi connectivity index (χ3n) is 3.55. The number of carbonyl (C=O) groups is 1. The van der Waals surface area contributed by atoms with E-state index >= 15 is 0 Å². The van der Waals surface area contributed by atoms with Crippen molar-refractivity contribution in [3.8, 4) is 5.75 Å². The molecule has 0 aliphatic rings. The Kier molecular flexibility index (Phi) is 5.75. The molecule has 2 aromatic carbocycles. The van der Waals surface area contributed by atoms with Crippen LogP contribution in [0.25, 0.3) is 11.0 Å². The average Bonchev–Trinajstić information content (AvgIpc) is 2.63. The third-order valence-corrected chi connectivity index (χ3v) is 4.15. The van der Waals surface area contributed by atoms with Gasteiger partial charge in [0.15, 0.2) is 5.75 Å². The molecule has 0 atom stereocenters. The van der Waals surface area contributed by atoms with Crippen molar-refractivity contribution in [3.63, 3.8) is 0 Å². The summed E-state index contributed by atoms with van der Waals surface area (Å²) in [6, 6.07) is 12.1. The van der Waals surface area contributed by atoms with E-state index in [1.54, 1.807) is 42.5 Å². The fourth-order valence-electron chi connectivity index (χ4n) is 2.37. The molecule has 0 spiro atoms. The second-order valence-electron chi connectivity index (χ2n) is 5.29. The first-order chi connectivity index (χ1) is 12.6. The van der Waals surface area contributed by atoms with Crippen LogP contribution in [0.3, 0.4) is 0 Å². The van der Waals surface area contributed by atoms with Crippen LogP contribution in [0.4, 0.5) is 0 Å². The number of benzene rings is 2. The second-order valence-corrected chi connectivity index (χ2v) is 6.11. The maximum Gasteiger partial charge on any atom is 0.326 e. The Morgan fingerprint density at radius 2 is 1.77 bits per heavy atom. The van der Waals surface area contributed by atoms with E-state index in [1.165, 1.54) is 10.8 Å². The molecule has 8 heteroatoms. The highest BCUT2D eigenvalue weighted by Gasteiger charge is 2.11. The lowest BCUT2D eigenvalue weighted by Gasteiger charge is -2.11. The number of para-hydroxylation sites is 3. The number of fused-ring (bicyclic) bond motifs is 1. The number of aromatic nitrogens is 2. The van der Waals surface area contributed by atoms with Gasteiger partial charge < -0.3 is 9.47 Å². The molecule has 6 nitrogen and oxygen atoms in total. The largest absolute Gasteiger partial charge is 0.487 e. The van der Waals surface area contributed by atoms with Gasteiger partial charge in [-0.25, -0.2) is 4.98 Å². The number of ether oxygens (including phenoxy) is 2. The first kappa shape index (κ1) is 18.2. The van der Waals surface area contributed by atoms with Crippen molar-refractivity contribution in [2.24, 2.45) is 0 Å². The molecule has 0 N–H and O–H groups in total. The topological polar surface area (TPSA) is 70.4 Å². The number of rotatable bonds is 6. The van der Waals surface area contributed by atoms with E-state index in [0.29, 0.717) is 26.8 Å². The van der Waals surface area contributed by atoms with Crippen LogP contribution in [0.15, 0.2) is 53.5 Å². The van der Waals surface area contributed by atoms with Gasteiger partial charge in [0.05, 0.1) is 27.3 Å². The average molecular weight is 393 g/mol. The third kappa shape index (κ3) is 4.15. The standard InChI is InChI=1S/C18H14Cl2N2O4/c19-12-4-3-5-13(20)18(12)26-9-8-25-17(24)11-22-15-7-2-1-6-14(15)21-10-16(22)23/h1-7,10H,8-9,11H2. The van der Waals surface area contributed by atoms with Crippen LogP contribution in [0.2, 0.25) is 10.0 Å². The van der Waals surface area contributed by atoms with Crippen LogP contribution in [0, 0.1) is 0 Å². The number of carbonyl (C=O) groups excluding carboxylic acids is 1. The van der Waals surface area contributed by atoms with Crippen LogP contribution >= 0.6 is 23.2 Å². The Labute approximate surface area is 158 Å². The summed E-state index contributed by atoms with van der Waals surface area (Å²) in [5.74, 6) is -0.222. The second kappa shape index (κ2) is 8.21. The SMILES string of the molecule is O=C(Cn1c(=O)cnc2ccccc21)OCCOc1c(Cl)cccc1Cl. The summed E-state index contributed by atoms with van der Waals surface area (Å²) in [7, 11) is 0. The van der Waals surface area contributed by atoms with Crippen molar-refractivity contribution < 1.29 is 14.3 Å². The highest BCUT2D eigenvalue weighted by atomic mass is 35.5. The molecular weight excluding hydrogens is 379 g/mol. The maximum atomic E-state index is 12.0. The smallest absolute Gasteiger partial charge is 0.326 e. The Bertz CT molecular complexity index is 984. The van der Waals surface area contributed by atoms with Gasteiger partial charge >= 0.3 is 5.97 Å². The number of halogens is 2. The van der Waals surface area contributed by atoms with Gasteiger partial charge in [0.25, 0.3) is 5.56 Å². The summed E-state index contributed by atoms with van der Waals surface area (Å²) in [6.45, 7) is -0.131. The van der Waals surface area contributed by atoms with Crippen LogP contribution < -0.4 is 10.3 Å². The summed E-state index contributed by atoms with van der Waals surface area (Å²) in [5.41, 5.74) is 0.812. The number of hydrogen-bond acceptors (Lipinski definition) is 5. The van der Waals surface area contributed by atoms with Crippen LogP contribution in [0.1, 0.15) is 0 Å². The number of nitrogens with zero attached hydrogens (tertiary/aromatic N) is 2. The highest BCUT2D eigenvalue weighted by Crippen LogP contribution is 2.32. The molecule has 3 aromatic rings. The van der Waals surface area contributed by atoms with Gasteiger partial charge in [0, 0.05) is 0 Å². The van der Waals surface area contributed by atoms with Crippen molar-refractivity contribution >= 4 is 40.2 Å². The molecule has 0 fully saturated rings. The lowest BCUT2D eigenvalue weighted by atomic mass is 10.3. The van der Waals surface area contributed by atoms with E-state index in [1.807, 2.05) is 0 Å². The molecule has 1 aromatic heterocycles. The predicted octanol–water partition coefficient (Wildman–Crippen LogP) is 3.33. The first-order valence-electron chi connectivity index (χ1n) is 7.73. The minimum Gasteiger partial charge on any atom is -0.487 e. The Balaban J connectivity index is 1.59. The molecule has 0 unspecified atom stereocenters. The van der Waals surface area contributed by atoms with Crippen molar-refractivity contribution in [2.45, 2.75) is 6.54 Å². The lowest BCUT2D eigenvalue weighted by molar-refractivity contribution is -0.145. The summed E-state index contributed by atoms with van der Waals surface area (Å²) in [6.07, 6.45) is 1.18. The van der Waals surface area contributed by atoms with Crippen molar-refractivity contribution in [3.05, 3.63) is 69.1 Å². The zero-order valence-electron chi connectivity index (χ0n) is 13.5. The fourth-order valence-corrected chi connectivity index (χ4v) is 2.88. The van der Waals surface area contributed by atoms with E-state index in [9.17, 15) is 9.59 Å². The molecule has 0 saturated heterocycles. The Morgan fingerprint density at radius 1 is 1.04 bits per heavy atom. The van der Waals surface area contributed by atoms with Crippen molar-refractivity contribution in [1.29, 1.82) is 0 Å². The van der Waals surface area contributed by atoms with Crippen molar-refractivity contribution in [1.82, 2.24) is 9.55 Å². The summed E-state index contributed by atoms with van der Waals surface area (Å²) < 4.78 is 11.9. The highest BCUT2D eigenvalue weighted by molar-refractivity contribution is 6.37. The minimum atomic E-state index is -0.558. The molecule has 0 amide bonds. The fraction of sp³-hybridized carbons (Fsp3) is 0.167. The van der Waals surface area contributed by atoms with Gasteiger partial charge in [-0.05, 0) is 24.3 Å². The van der Waals surface area contributed by atoms with Gasteiger partial charge in [-0.15, -0.1) is 0 Å². The zero-order chi connectivity index (χ0) is 18.5. The summed E-state index contributed by atoms with van der Waals surface area (Å²) >= 11 is 12.0. The lowest BCUT2D eigenvalue weighted by Crippen LogP contribution is -2.26. The number of esters is 1. The van der Waals surface area contributed by atoms with Gasteiger partial charge in [-0.3, -0.25) is 14.2 Å². The van der Waals surface area contributed by atoms with Gasteiger partial charge in [0.1, 0.15) is 19.8 Å². The molecule has 1 heterocycles. The predicted molar refractivity (Wildman–Crippen MR) is 98.9 cm³/mol. The molecule has 0 aliphatic heterocycles. The molecule has 134 valence electrons. The van der Waals surface area contributed by atoms with Crippen molar-refractivity contribution in [2.75, 3.05) is 13.2 Å². The Hall–Kier alpha value is -2.57. The number of hydrogen-bond donors (Lipinski definition) is 0. The quantitative estimate of drug-likeness (QED) is 0.475. The van der Waals surface area contributed by atoms with Crippen LogP contribution in [-0.2, 0) is 16.1 Å². The van der Waals surface area contributed by atoms with Gasteiger partial charge in [-0.2, -0.15) is 0 Å². The van der Waals surface area contributed by atoms with E-state index in [-0.39, 0.29) is 25.3 Å². The van der Waals surface area contributed by atoms with Crippen LogP contribution in [-0.4, -0.2) is 28.7 Å². The summed E-state index contributed by atoms with van der Waals surface area (Å²) in [5, 5.41) is 0.747. The van der Waals surface area contributed by atoms with E-state index in [4.69, 9.17) is 32.7 Å². The molecule has 0 bridgehead atoms. The summed E-state index contributed by atoms with van der Waals surface area (Å²) in [4.78, 5) is 28.1. The maximum absolute atomic E-state index is 12.0. The minimum absolute atomic E-state index is 0.00183. The monoisotopic (exact) mass is 392 g/mol. The zero-order valence-corrected chi connectivity index (χ0v) is 15.0. The molecular formula is C18H14Cl2N2O4. The normalized spacial score (nSPS) is 10.7. The van der Waals surface area contributed by atoms with E-state index < -0.39 is 5.97 Å². The van der Waals surface area contributed by atoms with Crippen LogP contribution in [0.5, 0.6) is 5.75 Å². The molecule has 0 saturated carbocycles.